The number of hydrogen-bond donors (Lipinski definition) is 1. The summed E-state index contributed by atoms with van der Waals surface area (Å²) < 4.78 is 0. The highest BCUT2D eigenvalue weighted by Gasteiger charge is 2.22. The molecule has 0 unspecified atom stereocenters. The minimum Gasteiger partial charge on any atom is -0.381 e. The first-order valence-corrected chi connectivity index (χ1v) is 9.34. The average Bonchev–Trinajstić information content (AvgIpc) is 2.67. The standard InChI is InChI=1S/C23H26N2O/c1-18(2)20-11-13-21(14-12-20)24-22-9-6-16-25(17-22)23(26)15-10-19-7-4-3-5-8-19/h3-5,7-8,11-14,18,22,24H,6,9,16-17H2,1-2H3/t22-/m1/s1. The van der Waals surface area contributed by atoms with Crippen molar-refractivity contribution in [1.82, 2.24) is 4.90 Å². The second kappa shape index (κ2) is 8.58. The molecule has 1 N–H and O–H groups in total. The lowest BCUT2D eigenvalue weighted by Gasteiger charge is -2.32. The molecule has 0 spiro atoms. The first-order chi connectivity index (χ1) is 12.6. The fourth-order valence-corrected chi connectivity index (χ4v) is 3.21. The van der Waals surface area contributed by atoms with E-state index in [4.69, 9.17) is 0 Å². The third-order valence-corrected chi connectivity index (χ3v) is 4.74. The number of nitrogens with zero attached hydrogens (tertiary/aromatic N) is 1. The number of hydrogen-bond acceptors (Lipinski definition) is 2. The van der Waals surface area contributed by atoms with Crippen LogP contribution in [-0.4, -0.2) is 29.9 Å². The van der Waals surface area contributed by atoms with Gasteiger partial charge in [0.1, 0.15) is 0 Å². The average molecular weight is 346 g/mol. The van der Waals surface area contributed by atoms with Crippen molar-refractivity contribution in [2.45, 2.75) is 38.6 Å². The van der Waals surface area contributed by atoms with Crippen molar-refractivity contribution in [3.05, 3.63) is 65.7 Å². The SMILES string of the molecule is CC(C)c1ccc(N[C@@H]2CCCN(C(=O)C#Cc3ccccc3)C2)cc1. The molecule has 0 aromatic heterocycles. The molecule has 1 heterocycles. The van der Waals surface area contributed by atoms with Crippen molar-refractivity contribution in [3.8, 4) is 11.8 Å². The van der Waals surface area contributed by atoms with E-state index in [-0.39, 0.29) is 11.9 Å². The summed E-state index contributed by atoms with van der Waals surface area (Å²) in [7, 11) is 0. The highest BCUT2D eigenvalue weighted by Crippen LogP contribution is 2.20. The Morgan fingerprint density at radius 1 is 1.12 bits per heavy atom. The minimum atomic E-state index is -0.0875. The van der Waals surface area contributed by atoms with Crippen LogP contribution in [0.2, 0.25) is 0 Å². The topological polar surface area (TPSA) is 32.3 Å². The third-order valence-electron chi connectivity index (χ3n) is 4.74. The second-order valence-corrected chi connectivity index (χ2v) is 7.13. The molecule has 1 amide bonds. The summed E-state index contributed by atoms with van der Waals surface area (Å²) in [6.07, 6.45) is 2.07. The number of piperidine rings is 1. The number of amides is 1. The number of anilines is 1. The largest absolute Gasteiger partial charge is 0.381 e. The maximum atomic E-state index is 12.4. The van der Waals surface area contributed by atoms with E-state index in [0.717, 1.165) is 30.6 Å². The maximum Gasteiger partial charge on any atom is 0.298 e. The molecule has 1 fully saturated rings. The van der Waals surface area contributed by atoms with E-state index in [1.807, 2.05) is 35.2 Å². The van der Waals surface area contributed by atoms with Gasteiger partial charge in [-0.25, -0.2) is 0 Å². The zero-order chi connectivity index (χ0) is 18.4. The van der Waals surface area contributed by atoms with Gasteiger partial charge in [-0.05, 0) is 48.6 Å². The molecule has 0 aliphatic carbocycles. The predicted octanol–water partition coefficient (Wildman–Crippen LogP) is 4.26. The Labute approximate surface area is 156 Å². The van der Waals surface area contributed by atoms with E-state index >= 15 is 0 Å². The molecule has 0 saturated carbocycles. The van der Waals surface area contributed by atoms with Gasteiger partial charge in [-0.2, -0.15) is 0 Å². The molecule has 0 bridgehead atoms. The first-order valence-electron chi connectivity index (χ1n) is 9.34. The van der Waals surface area contributed by atoms with Gasteiger partial charge >= 0.3 is 0 Å². The summed E-state index contributed by atoms with van der Waals surface area (Å²) in [6.45, 7) is 5.88. The van der Waals surface area contributed by atoms with Gasteiger partial charge in [-0.1, -0.05) is 50.1 Å². The Morgan fingerprint density at radius 2 is 1.85 bits per heavy atom. The smallest absolute Gasteiger partial charge is 0.298 e. The Balaban J connectivity index is 1.58. The fourth-order valence-electron chi connectivity index (χ4n) is 3.21. The van der Waals surface area contributed by atoms with E-state index < -0.39 is 0 Å². The van der Waals surface area contributed by atoms with Gasteiger partial charge in [0.2, 0.25) is 0 Å². The number of carbonyl (C=O) groups is 1. The zero-order valence-electron chi connectivity index (χ0n) is 15.5. The first kappa shape index (κ1) is 18.1. The molecule has 3 heteroatoms. The minimum absolute atomic E-state index is 0.0875. The Kier molecular flexibility index (Phi) is 5.96. The zero-order valence-corrected chi connectivity index (χ0v) is 15.5. The van der Waals surface area contributed by atoms with Crippen LogP contribution in [0.3, 0.4) is 0 Å². The van der Waals surface area contributed by atoms with Gasteiger partial charge in [0.25, 0.3) is 5.91 Å². The Hall–Kier alpha value is -2.73. The second-order valence-electron chi connectivity index (χ2n) is 7.13. The van der Waals surface area contributed by atoms with E-state index in [9.17, 15) is 4.79 Å². The van der Waals surface area contributed by atoms with Crippen molar-refractivity contribution in [2.75, 3.05) is 18.4 Å². The van der Waals surface area contributed by atoms with Crippen LogP contribution in [0, 0.1) is 11.8 Å². The van der Waals surface area contributed by atoms with Crippen LogP contribution in [-0.2, 0) is 4.79 Å². The molecule has 2 aromatic carbocycles. The summed E-state index contributed by atoms with van der Waals surface area (Å²) in [5.41, 5.74) is 3.33. The molecule has 3 rings (SSSR count). The van der Waals surface area contributed by atoms with Gasteiger partial charge in [-0.15, -0.1) is 0 Å². The fraction of sp³-hybridized carbons (Fsp3) is 0.348. The van der Waals surface area contributed by atoms with E-state index in [1.165, 1.54) is 5.56 Å². The van der Waals surface area contributed by atoms with Crippen LogP contribution in [0.15, 0.2) is 54.6 Å². The molecule has 3 nitrogen and oxygen atoms in total. The predicted molar refractivity (Wildman–Crippen MR) is 107 cm³/mol. The molecular weight excluding hydrogens is 320 g/mol. The highest BCUT2D eigenvalue weighted by atomic mass is 16.2. The number of likely N-dealkylation sites (tertiary alicyclic amines) is 1. The lowest BCUT2D eigenvalue weighted by molar-refractivity contribution is -0.126. The number of nitrogens with one attached hydrogen (secondary N) is 1. The van der Waals surface area contributed by atoms with E-state index in [2.05, 4.69) is 55.3 Å². The van der Waals surface area contributed by atoms with Crippen LogP contribution < -0.4 is 5.32 Å². The Bertz CT molecular complexity index is 784. The van der Waals surface area contributed by atoms with Crippen molar-refractivity contribution >= 4 is 11.6 Å². The van der Waals surface area contributed by atoms with Gasteiger partial charge in [0.05, 0.1) is 0 Å². The van der Waals surface area contributed by atoms with Crippen molar-refractivity contribution in [1.29, 1.82) is 0 Å². The van der Waals surface area contributed by atoms with Gasteiger partial charge in [0, 0.05) is 36.3 Å². The van der Waals surface area contributed by atoms with Gasteiger partial charge < -0.3 is 10.2 Å². The summed E-state index contributed by atoms with van der Waals surface area (Å²) in [5, 5.41) is 3.56. The summed E-state index contributed by atoms with van der Waals surface area (Å²) in [6, 6.07) is 18.5. The Morgan fingerprint density at radius 3 is 2.54 bits per heavy atom. The van der Waals surface area contributed by atoms with Crippen LogP contribution >= 0.6 is 0 Å². The summed E-state index contributed by atoms with van der Waals surface area (Å²) in [4.78, 5) is 14.3. The van der Waals surface area contributed by atoms with Crippen LogP contribution in [0.1, 0.15) is 43.7 Å². The number of rotatable bonds is 3. The summed E-state index contributed by atoms with van der Waals surface area (Å²) in [5.74, 6) is 6.19. The van der Waals surface area contributed by atoms with E-state index in [1.54, 1.807) is 0 Å². The molecule has 1 saturated heterocycles. The lowest BCUT2D eigenvalue weighted by atomic mass is 10.0. The summed E-state index contributed by atoms with van der Waals surface area (Å²) >= 11 is 0. The quantitative estimate of drug-likeness (QED) is 0.842. The van der Waals surface area contributed by atoms with Crippen molar-refractivity contribution in [2.24, 2.45) is 0 Å². The maximum absolute atomic E-state index is 12.4. The van der Waals surface area contributed by atoms with Crippen molar-refractivity contribution < 1.29 is 4.79 Å². The molecule has 1 atom stereocenters. The van der Waals surface area contributed by atoms with E-state index in [0.29, 0.717) is 12.5 Å². The normalized spacial score (nSPS) is 16.7. The van der Waals surface area contributed by atoms with Crippen LogP contribution in [0.25, 0.3) is 0 Å². The van der Waals surface area contributed by atoms with Crippen LogP contribution in [0.5, 0.6) is 0 Å². The van der Waals surface area contributed by atoms with Crippen molar-refractivity contribution in [3.63, 3.8) is 0 Å². The number of carbonyl (C=O) groups excluding carboxylic acids is 1. The van der Waals surface area contributed by atoms with Crippen LogP contribution in [0.4, 0.5) is 5.69 Å². The molecule has 2 aromatic rings. The lowest BCUT2D eigenvalue weighted by Crippen LogP contribution is -2.44. The molecule has 1 aliphatic rings. The monoisotopic (exact) mass is 346 g/mol. The number of benzene rings is 2. The third kappa shape index (κ3) is 4.89. The molecule has 0 radical (unpaired) electrons. The molecular formula is C23H26N2O. The van der Waals surface area contributed by atoms with Gasteiger partial charge in [0.15, 0.2) is 0 Å². The molecule has 26 heavy (non-hydrogen) atoms. The van der Waals surface area contributed by atoms with Gasteiger partial charge in [-0.3, -0.25) is 4.79 Å². The molecule has 134 valence electrons. The highest BCUT2D eigenvalue weighted by molar-refractivity contribution is 5.94. The molecule has 1 aliphatic heterocycles.